The Morgan fingerprint density at radius 2 is 1.95 bits per heavy atom. The molecule has 0 heterocycles. The Hall–Kier alpha value is -1.63. The van der Waals surface area contributed by atoms with Gasteiger partial charge in [0.1, 0.15) is 12.4 Å². The fraction of sp³-hybridized carbons (Fsp3) is 0.462. The van der Waals surface area contributed by atoms with Crippen molar-refractivity contribution in [2.24, 2.45) is 0 Å². The molecule has 1 aromatic rings. The van der Waals surface area contributed by atoms with Gasteiger partial charge in [0, 0.05) is 6.54 Å². The molecule has 1 unspecified atom stereocenters. The summed E-state index contributed by atoms with van der Waals surface area (Å²) in [7, 11) is 0. The van der Waals surface area contributed by atoms with Gasteiger partial charge in [-0.15, -0.1) is 0 Å². The number of amides is 1. The number of carbonyl (C=O) groups is 1. The molecule has 0 spiro atoms. The summed E-state index contributed by atoms with van der Waals surface area (Å²) in [6, 6.07) is 5.43. The van der Waals surface area contributed by atoms with Crippen LogP contribution in [0.4, 0.5) is 17.6 Å². The van der Waals surface area contributed by atoms with E-state index >= 15 is 0 Å². The molecule has 20 heavy (non-hydrogen) atoms. The SMILES string of the molecule is CC(NCCc1ccccc1F)C(=O)NCC(F)(F)F. The fourth-order valence-electron chi connectivity index (χ4n) is 1.56. The first-order valence-electron chi connectivity index (χ1n) is 6.11. The Balaban J connectivity index is 2.31. The van der Waals surface area contributed by atoms with Gasteiger partial charge in [-0.3, -0.25) is 4.79 Å². The number of carbonyl (C=O) groups excluding carboxylic acids is 1. The molecule has 0 saturated heterocycles. The van der Waals surface area contributed by atoms with Gasteiger partial charge < -0.3 is 10.6 Å². The lowest BCUT2D eigenvalue weighted by atomic mass is 10.1. The highest BCUT2D eigenvalue weighted by molar-refractivity contribution is 5.81. The maximum Gasteiger partial charge on any atom is 0.405 e. The number of halogens is 4. The van der Waals surface area contributed by atoms with E-state index in [9.17, 15) is 22.4 Å². The van der Waals surface area contributed by atoms with Crippen molar-refractivity contribution in [1.29, 1.82) is 0 Å². The van der Waals surface area contributed by atoms with E-state index < -0.39 is 24.7 Å². The highest BCUT2D eigenvalue weighted by atomic mass is 19.4. The largest absolute Gasteiger partial charge is 0.405 e. The van der Waals surface area contributed by atoms with Gasteiger partial charge in [-0.1, -0.05) is 18.2 Å². The molecule has 0 aliphatic carbocycles. The van der Waals surface area contributed by atoms with Gasteiger partial charge in [-0.2, -0.15) is 13.2 Å². The Morgan fingerprint density at radius 1 is 1.30 bits per heavy atom. The molecule has 0 aliphatic rings. The monoisotopic (exact) mass is 292 g/mol. The van der Waals surface area contributed by atoms with Gasteiger partial charge in [0.05, 0.1) is 6.04 Å². The summed E-state index contributed by atoms with van der Waals surface area (Å²) in [6.45, 7) is 0.389. The van der Waals surface area contributed by atoms with E-state index in [1.165, 1.54) is 13.0 Å². The zero-order valence-corrected chi connectivity index (χ0v) is 10.9. The minimum Gasteiger partial charge on any atom is -0.346 e. The third-order valence-electron chi connectivity index (χ3n) is 2.66. The Morgan fingerprint density at radius 3 is 2.55 bits per heavy atom. The van der Waals surface area contributed by atoms with Gasteiger partial charge in [0.25, 0.3) is 0 Å². The Kier molecular flexibility index (Phi) is 5.94. The lowest BCUT2D eigenvalue weighted by Crippen LogP contribution is -2.45. The van der Waals surface area contributed by atoms with Crippen LogP contribution in [0.2, 0.25) is 0 Å². The zero-order valence-electron chi connectivity index (χ0n) is 10.9. The lowest BCUT2D eigenvalue weighted by molar-refractivity contribution is -0.139. The quantitative estimate of drug-likeness (QED) is 0.788. The Bertz CT molecular complexity index is 448. The van der Waals surface area contributed by atoms with E-state index in [1.54, 1.807) is 23.5 Å². The van der Waals surface area contributed by atoms with Gasteiger partial charge in [-0.05, 0) is 25.0 Å². The van der Waals surface area contributed by atoms with E-state index in [0.717, 1.165) is 0 Å². The first kappa shape index (κ1) is 16.4. The number of benzene rings is 1. The predicted molar refractivity (Wildman–Crippen MR) is 66.6 cm³/mol. The van der Waals surface area contributed by atoms with Crippen LogP contribution < -0.4 is 10.6 Å². The van der Waals surface area contributed by atoms with Crippen molar-refractivity contribution in [2.45, 2.75) is 25.6 Å². The molecular formula is C13H16F4N2O. The van der Waals surface area contributed by atoms with Crippen molar-refractivity contribution in [3.8, 4) is 0 Å². The van der Waals surface area contributed by atoms with Gasteiger partial charge in [-0.25, -0.2) is 4.39 Å². The molecule has 1 amide bonds. The first-order chi connectivity index (χ1) is 9.29. The van der Waals surface area contributed by atoms with Crippen LogP contribution in [0, 0.1) is 5.82 Å². The molecule has 3 nitrogen and oxygen atoms in total. The summed E-state index contributed by atoms with van der Waals surface area (Å²) in [5.74, 6) is -1.08. The molecule has 0 radical (unpaired) electrons. The summed E-state index contributed by atoms with van der Waals surface area (Å²) in [4.78, 5) is 11.4. The molecule has 1 atom stereocenters. The summed E-state index contributed by atoms with van der Waals surface area (Å²) in [5, 5.41) is 4.53. The van der Waals surface area contributed by atoms with Crippen LogP contribution in [0.1, 0.15) is 12.5 Å². The van der Waals surface area contributed by atoms with Crippen LogP contribution in [0.15, 0.2) is 24.3 Å². The maximum absolute atomic E-state index is 13.3. The molecule has 0 fully saturated rings. The third-order valence-corrected chi connectivity index (χ3v) is 2.66. The number of hydrogen-bond acceptors (Lipinski definition) is 2. The second-order valence-electron chi connectivity index (χ2n) is 4.35. The second-order valence-corrected chi connectivity index (χ2v) is 4.35. The maximum atomic E-state index is 13.3. The topological polar surface area (TPSA) is 41.1 Å². The van der Waals surface area contributed by atoms with E-state index in [-0.39, 0.29) is 5.82 Å². The van der Waals surface area contributed by atoms with Crippen molar-refractivity contribution in [3.05, 3.63) is 35.6 Å². The van der Waals surface area contributed by atoms with Crippen LogP contribution in [0.3, 0.4) is 0 Å². The smallest absolute Gasteiger partial charge is 0.346 e. The van der Waals surface area contributed by atoms with Gasteiger partial charge in [0.15, 0.2) is 0 Å². The first-order valence-corrected chi connectivity index (χ1v) is 6.11. The summed E-state index contributed by atoms with van der Waals surface area (Å²) < 4.78 is 49.1. The molecule has 1 rings (SSSR count). The number of alkyl halides is 3. The number of nitrogens with one attached hydrogen (secondary N) is 2. The van der Waals surface area contributed by atoms with Crippen LogP contribution in [-0.4, -0.2) is 31.2 Å². The highest BCUT2D eigenvalue weighted by Crippen LogP contribution is 2.12. The van der Waals surface area contributed by atoms with Crippen molar-refractivity contribution >= 4 is 5.91 Å². The van der Waals surface area contributed by atoms with Crippen molar-refractivity contribution < 1.29 is 22.4 Å². The molecular weight excluding hydrogens is 276 g/mol. The highest BCUT2D eigenvalue weighted by Gasteiger charge is 2.28. The third kappa shape index (κ3) is 6.01. The molecule has 112 valence electrons. The standard InChI is InChI=1S/C13H16F4N2O/c1-9(12(20)19-8-13(15,16)17)18-7-6-10-4-2-3-5-11(10)14/h2-5,9,18H,6-8H2,1H3,(H,19,20). The van der Waals surface area contributed by atoms with Crippen LogP contribution in [0.25, 0.3) is 0 Å². The lowest BCUT2D eigenvalue weighted by Gasteiger charge is -2.15. The molecule has 0 bridgehead atoms. The summed E-state index contributed by atoms with van der Waals surface area (Å²) in [6.07, 6.45) is -4.08. The van der Waals surface area contributed by atoms with Gasteiger partial charge >= 0.3 is 6.18 Å². The zero-order chi connectivity index (χ0) is 15.2. The number of rotatable bonds is 6. The number of hydrogen-bond donors (Lipinski definition) is 2. The molecule has 7 heteroatoms. The predicted octanol–water partition coefficient (Wildman–Crippen LogP) is 2.02. The molecule has 2 N–H and O–H groups in total. The molecule has 0 saturated carbocycles. The Labute approximate surface area is 114 Å². The molecule has 1 aromatic carbocycles. The second kappa shape index (κ2) is 7.23. The van der Waals surface area contributed by atoms with E-state index in [0.29, 0.717) is 18.5 Å². The van der Waals surface area contributed by atoms with E-state index in [2.05, 4.69) is 5.32 Å². The van der Waals surface area contributed by atoms with Crippen LogP contribution >= 0.6 is 0 Å². The van der Waals surface area contributed by atoms with Crippen LogP contribution in [-0.2, 0) is 11.2 Å². The molecule has 0 aromatic heterocycles. The summed E-state index contributed by atoms with van der Waals surface area (Å²) in [5.41, 5.74) is 0.489. The van der Waals surface area contributed by atoms with Crippen molar-refractivity contribution in [1.82, 2.24) is 10.6 Å². The van der Waals surface area contributed by atoms with Crippen molar-refractivity contribution in [2.75, 3.05) is 13.1 Å². The minimum absolute atomic E-state index is 0.293. The van der Waals surface area contributed by atoms with E-state index in [4.69, 9.17) is 0 Å². The fourth-order valence-corrected chi connectivity index (χ4v) is 1.56. The van der Waals surface area contributed by atoms with Crippen molar-refractivity contribution in [3.63, 3.8) is 0 Å². The minimum atomic E-state index is -4.43. The molecule has 0 aliphatic heterocycles. The van der Waals surface area contributed by atoms with Crippen LogP contribution in [0.5, 0.6) is 0 Å². The average molecular weight is 292 g/mol. The summed E-state index contributed by atoms with van der Waals surface area (Å²) >= 11 is 0. The van der Waals surface area contributed by atoms with E-state index in [1.807, 2.05) is 0 Å². The normalized spacial score (nSPS) is 13.1. The van der Waals surface area contributed by atoms with Gasteiger partial charge in [0.2, 0.25) is 5.91 Å². The average Bonchev–Trinajstić information content (AvgIpc) is 2.37.